The van der Waals surface area contributed by atoms with Crippen LogP contribution in [0.25, 0.3) is 10.9 Å². The van der Waals surface area contributed by atoms with Gasteiger partial charge in [-0.2, -0.15) is 0 Å². The number of nitrogens with zero attached hydrogens (tertiary/aromatic N) is 5. The number of fused-ring (bicyclic) bond motifs is 1. The third kappa shape index (κ3) is 7.22. The van der Waals surface area contributed by atoms with Crippen LogP contribution in [0.5, 0.6) is 0 Å². The van der Waals surface area contributed by atoms with Gasteiger partial charge in [0.05, 0.1) is 41.2 Å². The van der Waals surface area contributed by atoms with Crippen LogP contribution in [-0.2, 0) is 11.3 Å². The Morgan fingerprint density at radius 1 is 1.07 bits per heavy atom. The summed E-state index contributed by atoms with van der Waals surface area (Å²) in [6.07, 6.45) is 6.49. The molecule has 0 radical (unpaired) electrons. The summed E-state index contributed by atoms with van der Waals surface area (Å²) in [6, 6.07) is 13.4. The molecule has 0 saturated carbocycles. The van der Waals surface area contributed by atoms with E-state index in [0.717, 1.165) is 37.3 Å². The minimum absolute atomic E-state index is 0.0159. The van der Waals surface area contributed by atoms with Crippen molar-refractivity contribution in [2.45, 2.75) is 62.6 Å². The summed E-state index contributed by atoms with van der Waals surface area (Å²) in [6.45, 7) is 10.4. The molecular formula is C31H35ClN6O3S. The van der Waals surface area contributed by atoms with Gasteiger partial charge in [-0.25, -0.2) is 19.7 Å². The predicted octanol–water partition coefficient (Wildman–Crippen LogP) is 6.17. The number of benzene rings is 2. The van der Waals surface area contributed by atoms with Crippen molar-refractivity contribution < 1.29 is 9.53 Å². The lowest BCUT2D eigenvalue weighted by Gasteiger charge is -2.40. The van der Waals surface area contributed by atoms with E-state index < -0.39 is 5.60 Å². The van der Waals surface area contributed by atoms with Crippen molar-refractivity contribution >= 4 is 46.2 Å². The second-order valence-corrected chi connectivity index (χ2v) is 13.3. The summed E-state index contributed by atoms with van der Waals surface area (Å²) < 4.78 is 6.94. The van der Waals surface area contributed by atoms with Gasteiger partial charge in [0.25, 0.3) is 5.56 Å². The van der Waals surface area contributed by atoms with E-state index in [-0.39, 0.29) is 17.1 Å². The highest BCUT2D eigenvalue weighted by atomic mass is 35.5. The molecular weight excluding hydrogens is 572 g/mol. The highest BCUT2D eigenvalue weighted by molar-refractivity contribution is 7.99. The average Bonchev–Trinajstić information content (AvgIpc) is 2.95. The minimum atomic E-state index is -0.515. The Kier molecular flexibility index (Phi) is 8.75. The van der Waals surface area contributed by atoms with Crippen molar-refractivity contribution in [3.8, 4) is 0 Å². The van der Waals surface area contributed by atoms with Crippen LogP contribution < -0.4 is 15.8 Å². The standard InChI is InChI=1S/C31H35ClN6O3S/c1-30(2,3)41-29(40)35-19-31(4)12-14-37(15-13-31)24-16-34-25(17-33-24)42-23-11-10-22-26(27(23)32)28(39)38(20-36-22)18-21-8-6-5-7-9-21/h5-11,16-17,20H,12-15,18-19H2,1-4H3,(H,35,40). The molecule has 3 heterocycles. The summed E-state index contributed by atoms with van der Waals surface area (Å²) in [5, 5.41) is 4.35. The fourth-order valence-corrected chi connectivity index (χ4v) is 5.97. The molecule has 1 N–H and O–H groups in total. The van der Waals surface area contributed by atoms with Crippen LogP contribution in [0.3, 0.4) is 0 Å². The topological polar surface area (TPSA) is 102 Å². The number of amides is 1. The van der Waals surface area contributed by atoms with Crippen molar-refractivity contribution in [1.29, 1.82) is 0 Å². The lowest BCUT2D eigenvalue weighted by Crippen LogP contribution is -2.45. The number of halogens is 1. The molecule has 1 amide bonds. The fraction of sp³-hybridized carbons (Fsp3) is 0.387. The molecule has 2 aromatic carbocycles. The molecule has 2 aromatic heterocycles. The zero-order valence-corrected chi connectivity index (χ0v) is 25.8. The molecule has 1 aliphatic rings. The fourth-order valence-electron chi connectivity index (χ4n) is 4.85. The monoisotopic (exact) mass is 606 g/mol. The van der Waals surface area contributed by atoms with Gasteiger partial charge < -0.3 is 15.0 Å². The van der Waals surface area contributed by atoms with Gasteiger partial charge in [-0.05, 0) is 56.7 Å². The molecule has 0 atom stereocenters. The average molecular weight is 607 g/mol. The Labute approximate surface area is 254 Å². The van der Waals surface area contributed by atoms with Crippen LogP contribution in [0.1, 0.15) is 46.1 Å². The molecule has 11 heteroatoms. The summed E-state index contributed by atoms with van der Waals surface area (Å²) >= 11 is 8.13. The molecule has 4 aromatic rings. The lowest BCUT2D eigenvalue weighted by atomic mass is 9.80. The van der Waals surface area contributed by atoms with Gasteiger partial charge in [0.1, 0.15) is 16.4 Å². The van der Waals surface area contributed by atoms with E-state index in [1.807, 2.05) is 63.2 Å². The Morgan fingerprint density at radius 3 is 2.48 bits per heavy atom. The van der Waals surface area contributed by atoms with E-state index in [1.54, 1.807) is 23.3 Å². The zero-order chi connectivity index (χ0) is 29.9. The van der Waals surface area contributed by atoms with Crippen LogP contribution >= 0.6 is 23.4 Å². The first-order valence-corrected chi connectivity index (χ1v) is 15.1. The quantitative estimate of drug-likeness (QED) is 0.266. The van der Waals surface area contributed by atoms with E-state index in [1.165, 1.54) is 11.8 Å². The van der Waals surface area contributed by atoms with Crippen LogP contribution in [0, 0.1) is 5.41 Å². The maximum Gasteiger partial charge on any atom is 0.407 e. The summed E-state index contributed by atoms with van der Waals surface area (Å²) in [5.41, 5.74) is 0.847. The first-order chi connectivity index (χ1) is 20.0. The Bertz CT molecular complexity index is 1610. The van der Waals surface area contributed by atoms with Gasteiger partial charge in [-0.3, -0.25) is 9.36 Å². The molecule has 1 saturated heterocycles. The van der Waals surface area contributed by atoms with Crippen LogP contribution in [-0.4, -0.2) is 50.8 Å². The number of hydrogen-bond donors (Lipinski definition) is 1. The number of carbonyl (C=O) groups excluding carboxylic acids is 1. The van der Waals surface area contributed by atoms with E-state index in [9.17, 15) is 9.59 Å². The zero-order valence-electron chi connectivity index (χ0n) is 24.3. The van der Waals surface area contributed by atoms with Crippen molar-refractivity contribution in [2.75, 3.05) is 24.5 Å². The summed E-state index contributed by atoms with van der Waals surface area (Å²) in [7, 11) is 0. The number of carbonyl (C=O) groups is 1. The highest BCUT2D eigenvalue weighted by Gasteiger charge is 2.31. The van der Waals surface area contributed by atoms with E-state index >= 15 is 0 Å². The van der Waals surface area contributed by atoms with Gasteiger partial charge in [-0.1, -0.05) is 60.6 Å². The number of rotatable bonds is 7. The second-order valence-electron chi connectivity index (χ2n) is 11.9. The van der Waals surface area contributed by atoms with Crippen LogP contribution in [0.2, 0.25) is 5.02 Å². The molecule has 1 fully saturated rings. The number of piperidine rings is 1. The predicted molar refractivity (Wildman–Crippen MR) is 167 cm³/mol. The molecule has 0 aliphatic carbocycles. The number of hydrogen-bond acceptors (Lipinski definition) is 8. The van der Waals surface area contributed by atoms with Crippen LogP contribution in [0.15, 0.2) is 75.9 Å². The Hall–Kier alpha value is -3.63. The maximum absolute atomic E-state index is 13.3. The lowest BCUT2D eigenvalue weighted by molar-refractivity contribution is 0.0495. The Morgan fingerprint density at radius 2 is 1.81 bits per heavy atom. The third-order valence-corrected chi connectivity index (χ3v) is 8.76. The van der Waals surface area contributed by atoms with Gasteiger partial charge in [0.15, 0.2) is 0 Å². The molecule has 5 rings (SSSR count). The summed E-state index contributed by atoms with van der Waals surface area (Å²) in [4.78, 5) is 42.1. The van der Waals surface area contributed by atoms with Crippen molar-refractivity contribution in [2.24, 2.45) is 5.41 Å². The second kappa shape index (κ2) is 12.3. The SMILES string of the molecule is CC1(CNC(=O)OC(C)(C)C)CCN(c2cnc(Sc3ccc4ncn(Cc5ccccc5)c(=O)c4c3Cl)cn2)CC1. The maximum atomic E-state index is 13.3. The molecule has 0 unspecified atom stereocenters. The van der Waals surface area contributed by atoms with Crippen molar-refractivity contribution in [3.63, 3.8) is 0 Å². The number of alkyl carbamates (subject to hydrolysis) is 1. The van der Waals surface area contributed by atoms with Gasteiger partial charge >= 0.3 is 6.09 Å². The van der Waals surface area contributed by atoms with Gasteiger partial charge in [-0.15, -0.1) is 0 Å². The van der Waals surface area contributed by atoms with E-state index in [2.05, 4.69) is 32.1 Å². The highest BCUT2D eigenvalue weighted by Crippen LogP contribution is 2.36. The first-order valence-electron chi connectivity index (χ1n) is 13.9. The first kappa shape index (κ1) is 29.8. The van der Waals surface area contributed by atoms with Gasteiger partial charge in [0.2, 0.25) is 0 Å². The number of ether oxygens (including phenoxy) is 1. The summed E-state index contributed by atoms with van der Waals surface area (Å²) in [5.74, 6) is 0.805. The number of anilines is 1. The molecule has 0 spiro atoms. The van der Waals surface area contributed by atoms with Gasteiger partial charge in [0, 0.05) is 24.5 Å². The Balaban J connectivity index is 1.22. The van der Waals surface area contributed by atoms with Crippen molar-refractivity contribution in [3.05, 3.63) is 82.1 Å². The smallest absolute Gasteiger partial charge is 0.407 e. The number of nitrogens with one attached hydrogen (secondary N) is 1. The molecule has 0 bridgehead atoms. The third-order valence-electron chi connectivity index (χ3n) is 7.27. The van der Waals surface area contributed by atoms with E-state index in [4.69, 9.17) is 16.3 Å². The minimum Gasteiger partial charge on any atom is -0.444 e. The molecule has 42 heavy (non-hydrogen) atoms. The van der Waals surface area contributed by atoms with E-state index in [0.29, 0.717) is 38.9 Å². The number of aromatic nitrogens is 4. The molecule has 220 valence electrons. The molecule has 1 aliphatic heterocycles. The molecule has 9 nitrogen and oxygen atoms in total. The van der Waals surface area contributed by atoms with Crippen molar-refractivity contribution in [1.82, 2.24) is 24.8 Å². The normalized spacial score (nSPS) is 15.0. The van der Waals surface area contributed by atoms with Crippen LogP contribution in [0.4, 0.5) is 10.6 Å². The largest absolute Gasteiger partial charge is 0.444 e.